The Morgan fingerprint density at radius 2 is 1.79 bits per heavy atom. The number of nitrogens with one attached hydrogen (secondary N) is 2. The Kier molecular flexibility index (Phi) is 5.17. The standard InChI is InChI=1S/C12H16F3N3O/c1-18(2)10-5-3-9(4-6-10)17-11(19)7-16-8-12(13,14)15/h3-6,16H,7-8H2,1-2H3,(H,17,19). The van der Waals surface area contributed by atoms with Crippen molar-refractivity contribution in [3.05, 3.63) is 24.3 Å². The molecule has 0 spiro atoms. The normalized spacial score (nSPS) is 11.2. The molecule has 2 N–H and O–H groups in total. The van der Waals surface area contributed by atoms with Crippen LogP contribution in [-0.2, 0) is 4.79 Å². The monoisotopic (exact) mass is 275 g/mol. The van der Waals surface area contributed by atoms with Gasteiger partial charge in [-0.25, -0.2) is 0 Å². The van der Waals surface area contributed by atoms with Gasteiger partial charge < -0.3 is 15.5 Å². The van der Waals surface area contributed by atoms with Gasteiger partial charge in [0.05, 0.1) is 13.1 Å². The van der Waals surface area contributed by atoms with E-state index in [1.165, 1.54) is 0 Å². The minimum atomic E-state index is -4.31. The number of carbonyl (C=O) groups excluding carboxylic acids is 1. The molecule has 7 heteroatoms. The molecule has 1 aromatic carbocycles. The van der Waals surface area contributed by atoms with E-state index >= 15 is 0 Å². The summed E-state index contributed by atoms with van der Waals surface area (Å²) in [5.74, 6) is -0.512. The van der Waals surface area contributed by atoms with Crippen LogP contribution in [0.15, 0.2) is 24.3 Å². The second-order valence-electron chi connectivity index (χ2n) is 4.21. The maximum absolute atomic E-state index is 11.9. The number of anilines is 2. The average Bonchev–Trinajstić information content (AvgIpc) is 2.27. The van der Waals surface area contributed by atoms with Crippen molar-refractivity contribution in [1.82, 2.24) is 5.32 Å². The quantitative estimate of drug-likeness (QED) is 0.862. The molecule has 0 saturated carbocycles. The van der Waals surface area contributed by atoms with Gasteiger partial charge in [-0.2, -0.15) is 13.2 Å². The molecule has 0 radical (unpaired) electrons. The van der Waals surface area contributed by atoms with Crippen molar-refractivity contribution in [2.24, 2.45) is 0 Å². The van der Waals surface area contributed by atoms with Crippen LogP contribution < -0.4 is 15.5 Å². The maximum Gasteiger partial charge on any atom is 0.401 e. The Bertz CT molecular complexity index is 415. The number of benzene rings is 1. The van der Waals surface area contributed by atoms with Crippen molar-refractivity contribution in [2.45, 2.75) is 6.18 Å². The largest absolute Gasteiger partial charge is 0.401 e. The first-order valence-corrected chi connectivity index (χ1v) is 5.62. The van der Waals surface area contributed by atoms with Crippen LogP contribution in [0.3, 0.4) is 0 Å². The highest BCUT2D eigenvalue weighted by Gasteiger charge is 2.26. The first-order valence-electron chi connectivity index (χ1n) is 5.62. The molecule has 19 heavy (non-hydrogen) atoms. The fourth-order valence-electron chi connectivity index (χ4n) is 1.37. The molecule has 0 aliphatic carbocycles. The summed E-state index contributed by atoms with van der Waals surface area (Å²) in [5, 5.41) is 4.54. The predicted molar refractivity (Wildman–Crippen MR) is 68.3 cm³/mol. The minimum absolute atomic E-state index is 0.380. The highest BCUT2D eigenvalue weighted by Crippen LogP contribution is 2.15. The highest BCUT2D eigenvalue weighted by molar-refractivity contribution is 5.92. The lowest BCUT2D eigenvalue weighted by atomic mass is 10.2. The van der Waals surface area contributed by atoms with Gasteiger partial charge in [-0.3, -0.25) is 4.79 Å². The lowest BCUT2D eigenvalue weighted by Crippen LogP contribution is -2.35. The third-order valence-corrected chi connectivity index (χ3v) is 2.28. The van der Waals surface area contributed by atoms with E-state index in [1.807, 2.05) is 24.3 Å². The van der Waals surface area contributed by atoms with Crippen molar-refractivity contribution in [1.29, 1.82) is 0 Å². The summed E-state index contributed by atoms with van der Waals surface area (Å²) in [6.45, 7) is -1.56. The van der Waals surface area contributed by atoms with Crippen molar-refractivity contribution >= 4 is 17.3 Å². The number of halogens is 3. The van der Waals surface area contributed by atoms with Gasteiger partial charge in [0.1, 0.15) is 0 Å². The van der Waals surface area contributed by atoms with E-state index in [0.29, 0.717) is 5.69 Å². The van der Waals surface area contributed by atoms with Gasteiger partial charge in [-0.05, 0) is 24.3 Å². The molecule has 1 aromatic rings. The van der Waals surface area contributed by atoms with Gasteiger partial charge in [0.25, 0.3) is 0 Å². The number of hydrogen-bond acceptors (Lipinski definition) is 3. The second-order valence-corrected chi connectivity index (χ2v) is 4.21. The third kappa shape index (κ3) is 6.10. The molecule has 1 amide bonds. The summed E-state index contributed by atoms with van der Waals surface area (Å²) in [6, 6.07) is 6.99. The van der Waals surface area contributed by atoms with Crippen LogP contribution in [0, 0.1) is 0 Å². The van der Waals surface area contributed by atoms with E-state index in [1.54, 1.807) is 24.3 Å². The van der Waals surface area contributed by atoms with Crippen LogP contribution in [0.2, 0.25) is 0 Å². The van der Waals surface area contributed by atoms with E-state index < -0.39 is 18.6 Å². The molecule has 4 nitrogen and oxygen atoms in total. The van der Waals surface area contributed by atoms with Gasteiger partial charge in [0, 0.05) is 25.5 Å². The highest BCUT2D eigenvalue weighted by atomic mass is 19.4. The first-order chi connectivity index (χ1) is 8.78. The smallest absolute Gasteiger partial charge is 0.378 e. The molecule has 0 unspecified atom stereocenters. The topological polar surface area (TPSA) is 44.4 Å². The average molecular weight is 275 g/mol. The molecule has 0 aliphatic heterocycles. The summed E-state index contributed by atoms with van der Waals surface area (Å²) < 4.78 is 35.6. The zero-order valence-corrected chi connectivity index (χ0v) is 10.7. The van der Waals surface area contributed by atoms with Crippen LogP contribution in [0.25, 0.3) is 0 Å². The molecular formula is C12H16F3N3O. The summed E-state index contributed by atoms with van der Waals surface area (Å²) in [5.41, 5.74) is 1.51. The van der Waals surface area contributed by atoms with E-state index in [-0.39, 0.29) is 6.54 Å². The number of nitrogens with zero attached hydrogens (tertiary/aromatic N) is 1. The molecule has 0 fully saturated rings. The van der Waals surface area contributed by atoms with Crippen LogP contribution in [0.1, 0.15) is 0 Å². The molecule has 0 saturated heterocycles. The summed E-state index contributed by atoms with van der Waals surface area (Å²) in [7, 11) is 3.77. The molecule has 1 rings (SSSR count). The number of rotatable bonds is 5. The lowest BCUT2D eigenvalue weighted by molar-refractivity contribution is -0.126. The van der Waals surface area contributed by atoms with Crippen molar-refractivity contribution in [3.8, 4) is 0 Å². The summed E-state index contributed by atoms with van der Waals surface area (Å²) in [4.78, 5) is 13.3. The van der Waals surface area contributed by atoms with Crippen LogP contribution >= 0.6 is 0 Å². The maximum atomic E-state index is 11.9. The Balaban J connectivity index is 2.40. The molecule has 0 bridgehead atoms. The number of alkyl halides is 3. The minimum Gasteiger partial charge on any atom is -0.378 e. The van der Waals surface area contributed by atoms with Gasteiger partial charge in [-0.1, -0.05) is 0 Å². The zero-order chi connectivity index (χ0) is 14.5. The van der Waals surface area contributed by atoms with E-state index in [9.17, 15) is 18.0 Å². The molecule has 106 valence electrons. The van der Waals surface area contributed by atoms with Crippen molar-refractivity contribution < 1.29 is 18.0 Å². The Morgan fingerprint density at radius 1 is 1.21 bits per heavy atom. The molecule has 0 aromatic heterocycles. The molecule has 0 aliphatic rings. The van der Waals surface area contributed by atoms with E-state index in [4.69, 9.17) is 0 Å². The van der Waals surface area contributed by atoms with Crippen LogP contribution in [-0.4, -0.2) is 39.3 Å². The third-order valence-electron chi connectivity index (χ3n) is 2.28. The molecular weight excluding hydrogens is 259 g/mol. The Morgan fingerprint density at radius 3 is 2.26 bits per heavy atom. The number of carbonyl (C=O) groups is 1. The molecule has 0 heterocycles. The van der Waals surface area contributed by atoms with Gasteiger partial charge >= 0.3 is 6.18 Å². The molecule has 0 atom stereocenters. The van der Waals surface area contributed by atoms with Gasteiger partial charge in [-0.15, -0.1) is 0 Å². The Labute approximate surface area is 109 Å². The second kappa shape index (κ2) is 6.42. The van der Waals surface area contributed by atoms with E-state index in [0.717, 1.165) is 5.69 Å². The lowest BCUT2D eigenvalue weighted by Gasteiger charge is -2.13. The SMILES string of the molecule is CN(C)c1ccc(NC(=O)CNCC(F)(F)F)cc1. The van der Waals surface area contributed by atoms with Crippen LogP contribution in [0.4, 0.5) is 24.5 Å². The predicted octanol–water partition coefficient (Wildman–Crippen LogP) is 1.84. The fraction of sp³-hybridized carbons (Fsp3) is 0.417. The number of amides is 1. The Hall–Kier alpha value is -1.76. The van der Waals surface area contributed by atoms with Crippen LogP contribution in [0.5, 0.6) is 0 Å². The summed E-state index contributed by atoms with van der Waals surface area (Å²) in [6.07, 6.45) is -4.31. The van der Waals surface area contributed by atoms with Gasteiger partial charge in [0.15, 0.2) is 0 Å². The van der Waals surface area contributed by atoms with Gasteiger partial charge in [0.2, 0.25) is 5.91 Å². The first kappa shape index (κ1) is 15.3. The van der Waals surface area contributed by atoms with Crippen molar-refractivity contribution in [2.75, 3.05) is 37.4 Å². The zero-order valence-electron chi connectivity index (χ0n) is 10.7. The fourth-order valence-corrected chi connectivity index (χ4v) is 1.37. The van der Waals surface area contributed by atoms with E-state index in [2.05, 4.69) is 5.32 Å². The summed E-state index contributed by atoms with van der Waals surface area (Å²) >= 11 is 0. The van der Waals surface area contributed by atoms with Crippen molar-refractivity contribution in [3.63, 3.8) is 0 Å². The number of hydrogen-bond donors (Lipinski definition) is 2.